The van der Waals surface area contributed by atoms with E-state index >= 15 is 0 Å². The van der Waals surface area contributed by atoms with Crippen molar-refractivity contribution in [3.8, 4) is 11.4 Å². The van der Waals surface area contributed by atoms with Crippen LogP contribution in [0.4, 0.5) is 13.2 Å². The lowest BCUT2D eigenvalue weighted by molar-refractivity contribution is -0.127. The van der Waals surface area contributed by atoms with E-state index in [1.807, 2.05) is 13.0 Å². The van der Waals surface area contributed by atoms with Gasteiger partial charge in [0.1, 0.15) is 17.7 Å². The fraction of sp³-hybridized carbons (Fsp3) is 0.259. The molecule has 1 aromatic heterocycles. The van der Waals surface area contributed by atoms with Gasteiger partial charge in [-0.1, -0.05) is 13.0 Å². The molecule has 5 nitrogen and oxygen atoms in total. The highest BCUT2D eigenvalue weighted by molar-refractivity contribution is 5.85. The van der Waals surface area contributed by atoms with Crippen molar-refractivity contribution in [3.05, 3.63) is 89.9 Å². The van der Waals surface area contributed by atoms with E-state index in [9.17, 15) is 18.0 Å². The number of carbonyl (C=O) groups is 1. The van der Waals surface area contributed by atoms with Crippen molar-refractivity contribution in [2.45, 2.75) is 38.8 Å². The Morgan fingerprint density at radius 2 is 1.77 bits per heavy atom. The Kier molecular flexibility index (Phi) is 5.75. The zero-order chi connectivity index (χ0) is 24.7. The number of hydrogen-bond donors (Lipinski definition) is 1. The topological polar surface area (TPSA) is 56.1 Å². The molecule has 0 aliphatic heterocycles. The van der Waals surface area contributed by atoms with Gasteiger partial charge in [-0.05, 0) is 79.9 Å². The van der Waals surface area contributed by atoms with Crippen molar-refractivity contribution >= 4 is 16.8 Å². The van der Waals surface area contributed by atoms with Crippen LogP contribution in [0.1, 0.15) is 38.4 Å². The van der Waals surface area contributed by atoms with Crippen LogP contribution in [-0.4, -0.2) is 21.7 Å². The Morgan fingerprint density at radius 3 is 2.46 bits per heavy atom. The second-order valence-corrected chi connectivity index (χ2v) is 9.29. The third-order valence-corrected chi connectivity index (χ3v) is 6.51. The van der Waals surface area contributed by atoms with E-state index in [2.05, 4.69) is 10.4 Å². The minimum atomic E-state index is -0.986. The van der Waals surface area contributed by atoms with Crippen LogP contribution in [0.15, 0.2) is 66.9 Å². The molecule has 0 spiro atoms. The molecule has 3 aromatic carbocycles. The van der Waals surface area contributed by atoms with E-state index < -0.39 is 23.8 Å². The largest absolute Gasteiger partial charge is 0.484 e. The molecule has 0 saturated heterocycles. The van der Waals surface area contributed by atoms with Crippen LogP contribution in [0.25, 0.3) is 16.6 Å². The van der Waals surface area contributed by atoms with Crippen LogP contribution in [0.2, 0.25) is 0 Å². The number of carbonyl (C=O) groups excluding carboxylic acids is 1. The second-order valence-electron chi connectivity index (χ2n) is 9.29. The Balaban J connectivity index is 1.44. The monoisotopic (exact) mass is 479 g/mol. The van der Waals surface area contributed by atoms with Crippen LogP contribution < -0.4 is 10.1 Å². The predicted octanol–water partition coefficient (Wildman–Crippen LogP) is 5.87. The summed E-state index contributed by atoms with van der Waals surface area (Å²) in [5, 5.41) is 8.15. The second kappa shape index (κ2) is 8.76. The van der Waals surface area contributed by atoms with Crippen molar-refractivity contribution in [2.75, 3.05) is 0 Å². The van der Waals surface area contributed by atoms with E-state index in [-0.39, 0.29) is 17.1 Å². The number of benzene rings is 3. The maximum atomic E-state index is 14.0. The first-order valence-electron chi connectivity index (χ1n) is 11.4. The number of fused-ring (bicyclic) bond motifs is 1. The summed E-state index contributed by atoms with van der Waals surface area (Å²) in [6.07, 6.45) is 2.53. The van der Waals surface area contributed by atoms with Gasteiger partial charge < -0.3 is 10.1 Å². The summed E-state index contributed by atoms with van der Waals surface area (Å²) in [7, 11) is 0. The van der Waals surface area contributed by atoms with Gasteiger partial charge in [-0.3, -0.25) is 4.79 Å². The molecule has 0 unspecified atom stereocenters. The minimum Gasteiger partial charge on any atom is -0.484 e. The molecule has 5 rings (SSSR count). The summed E-state index contributed by atoms with van der Waals surface area (Å²) in [5.41, 5.74) is 1.51. The van der Waals surface area contributed by atoms with Crippen molar-refractivity contribution < 1.29 is 22.7 Å². The smallest absolute Gasteiger partial charge is 0.226 e. The number of ether oxygens (including phenoxy) is 1. The molecule has 2 atom stereocenters. The molecule has 1 saturated carbocycles. The Hall–Kier alpha value is -3.81. The highest BCUT2D eigenvalue weighted by atomic mass is 19.2. The average molecular weight is 480 g/mol. The van der Waals surface area contributed by atoms with Gasteiger partial charge in [-0.2, -0.15) is 5.10 Å². The summed E-state index contributed by atoms with van der Waals surface area (Å²) in [6, 6.07) is 14.4. The first-order chi connectivity index (χ1) is 16.7. The lowest BCUT2D eigenvalue weighted by Gasteiger charge is -2.27. The number of rotatable bonds is 7. The van der Waals surface area contributed by atoms with E-state index in [0.29, 0.717) is 17.0 Å². The Bertz CT molecular complexity index is 1400. The lowest BCUT2D eigenvalue weighted by atomic mass is 10.0. The van der Waals surface area contributed by atoms with Crippen LogP contribution in [-0.2, 0) is 4.79 Å². The highest BCUT2D eigenvalue weighted by Crippen LogP contribution is 2.45. The maximum Gasteiger partial charge on any atom is 0.226 e. The number of aromatic nitrogens is 2. The SMILES string of the molecule is C[C@H](NC(=O)C1(C)CC1)[C@H](Oc1ccc2c(cnn2-c2ccc(F)cc2)c1)c1ccc(F)c(F)c1. The van der Waals surface area contributed by atoms with Gasteiger partial charge in [0.05, 0.1) is 23.4 Å². The summed E-state index contributed by atoms with van der Waals surface area (Å²) in [5.74, 6) is -1.88. The summed E-state index contributed by atoms with van der Waals surface area (Å²) in [6.45, 7) is 3.68. The molecule has 1 fully saturated rings. The highest BCUT2D eigenvalue weighted by Gasteiger charge is 2.45. The normalized spacial score (nSPS) is 16.0. The van der Waals surface area contributed by atoms with E-state index in [0.717, 1.165) is 35.9 Å². The average Bonchev–Trinajstić information content (AvgIpc) is 3.46. The number of nitrogens with zero attached hydrogens (tertiary/aromatic N) is 2. The van der Waals surface area contributed by atoms with Crippen molar-refractivity contribution in [2.24, 2.45) is 5.41 Å². The molecular weight excluding hydrogens is 455 g/mol. The van der Waals surface area contributed by atoms with Gasteiger partial charge in [0, 0.05) is 10.8 Å². The number of halogens is 3. The zero-order valence-electron chi connectivity index (χ0n) is 19.3. The summed E-state index contributed by atoms with van der Waals surface area (Å²) in [4.78, 5) is 12.6. The van der Waals surface area contributed by atoms with Crippen LogP contribution in [0.5, 0.6) is 5.75 Å². The standard InChI is InChI=1S/C27H24F3N3O2/c1-16(32-26(34)27(2)11-12-27)25(17-3-9-22(29)23(30)14-17)35-21-8-10-24-18(13-21)15-31-33(24)20-6-4-19(28)5-7-20/h3-10,13-16,25H,11-12H2,1-2H3,(H,32,34)/t16-,25-/m0/s1. The maximum absolute atomic E-state index is 14.0. The van der Waals surface area contributed by atoms with Gasteiger partial charge in [0.15, 0.2) is 11.6 Å². The molecule has 1 aliphatic rings. The number of nitrogens with one attached hydrogen (secondary N) is 1. The quantitative estimate of drug-likeness (QED) is 0.361. The number of amides is 1. The predicted molar refractivity (Wildman–Crippen MR) is 126 cm³/mol. The third-order valence-electron chi connectivity index (χ3n) is 6.51. The van der Waals surface area contributed by atoms with Crippen LogP contribution >= 0.6 is 0 Å². The van der Waals surface area contributed by atoms with Crippen LogP contribution in [0.3, 0.4) is 0 Å². The third kappa shape index (κ3) is 4.60. The van der Waals surface area contributed by atoms with Gasteiger partial charge in [-0.15, -0.1) is 0 Å². The van der Waals surface area contributed by atoms with Crippen LogP contribution in [0, 0.1) is 22.9 Å². The molecule has 180 valence electrons. The van der Waals surface area contributed by atoms with E-state index in [1.54, 1.807) is 42.1 Å². The minimum absolute atomic E-state index is 0.0859. The van der Waals surface area contributed by atoms with Gasteiger partial charge in [-0.25, -0.2) is 17.9 Å². The van der Waals surface area contributed by atoms with Crippen molar-refractivity contribution in [3.63, 3.8) is 0 Å². The fourth-order valence-corrected chi connectivity index (χ4v) is 4.04. The zero-order valence-corrected chi connectivity index (χ0v) is 19.3. The van der Waals surface area contributed by atoms with Crippen molar-refractivity contribution in [1.82, 2.24) is 15.1 Å². The van der Waals surface area contributed by atoms with E-state index in [4.69, 9.17) is 4.74 Å². The summed E-state index contributed by atoms with van der Waals surface area (Å²) < 4.78 is 48.9. The van der Waals surface area contributed by atoms with Crippen molar-refractivity contribution in [1.29, 1.82) is 0 Å². The Labute approximate surface area is 200 Å². The molecule has 1 heterocycles. The van der Waals surface area contributed by atoms with Gasteiger partial charge >= 0.3 is 0 Å². The molecule has 8 heteroatoms. The fourth-order valence-electron chi connectivity index (χ4n) is 4.04. The van der Waals surface area contributed by atoms with E-state index in [1.165, 1.54) is 18.2 Å². The molecule has 0 bridgehead atoms. The molecule has 0 radical (unpaired) electrons. The molecular formula is C27H24F3N3O2. The molecule has 35 heavy (non-hydrogen) atoms. The molecule has 1 amide bonds. The van der Waals surface area contributed by atoms with Gasteiger partial charge in [0.25, 0.3) is 0 Å². The first kappa shape index (κ1) is 23.0. The lowest BCUT2D eigenvalue weighted by Crippen LogP contribution is -2.42. The van der Waals surface area contributed by atoms with Gasteiger partial charge in [0.2, 0.25) is 5.91 Å². The Morgan fingerprint density at radius 1 is 1.03 bits per heavy atom. The molecule has 1 N–H and O–H groups in total. The first-order valence-corrected chi connectivity index (χ1v) is 11.4. The number of hydrogen-bond acceptors (Lipinski definition) is 3. The summed E-state index contributed by atoms with van der Waals surface area (Å²) >= 11 is 0. The molecule has 4 aromatic rings. The molecule has 1 aliphatic carbocycles.